The van der Waals surface area contributed by atoms with Gasteiger partial charge in [-0.2, -0.15) is 13.2 Å². The smallest absolute Gasteiger partial charge is 0.475 e. The van der Waals surface area contributed by atoms with Crippen LogP contribution < -0.4 is 21.7 Å². The number of methoxy groups -OCH3 is 3. The predicted molar refractivity (Wildman–Crippen MR) is 481 cm³/mol. The Balaban J connectivity index is 0.000000422. The van der Waals surface area contributed by atoms with E-state index in [4.69, 9.17) is 48.8 Å². The van der Waals surface area contributed by atoms with Gasteiger partial charge in [-0.3, -0.25) is 24.5 Å². The number of unbranched alkanes of at least 4 members (excludes halogenated alkanes) is 11. The number of aliphatic hydroxyl groups excluding tert-OH is 4. The van der Waals surface area contributed by atoms with Crippen molar-refractivity contribution in [3.63, 3.8) is 0 Å². The van der Waals surface area contributed by atoms with Crippen LogP contribution in [0.2, 0.25) is 0 Å². The van der Waals surface area contributed by atoms with Crippen molar-refractivity contribution in [1.82, 2.24) is 16.0 Å². The number of aliphatic carboxylic acids is 1. The van der Waals surface area contributed by atoms with E-state index in [0.717, 1.165) is 186 Å². The van der Waals surface area contributed by atoms with Gasteiger partial charge in [0.05, 0.1) is 72.2 Å². The molecule has 8 rings (SSSR count). The Hall–Kier alpha value is -4.90. The lowest BCUT2D eigenvalue weighted by atomic mass is 9.80. The van der Waals surface area contributed by atoms with Crippen LogP contribution in [0.3, 0.4) is 0 Å². The number of carbonyl (C=O) groups is 7. The second-order valence-corrected chi connectivity index (χ2v) is 37.3. The summed E-state index contributed by atoms with van der Waals surface area (Å²) in [5, 5.41) is 69.2. The maximum Gasteiger partial charge on any atom is 0.490 e. The second kappa shape index (κ2) is 61.0. The molecule has 0 bridgehead atoms. The number of alkyl carbamates (subject to hydrolysis) is 2. The molecule has 0 aromatic rings. The number of hydrogen-bond donors (Lipinski definition) is 10. The van der Waals surface area contributed by atoms with Crippen LogP contribution in [0.25, 0.3) is 0 Å². The van der Waals surface area contributed by atoms with Crippen LogP contribution in [-0.2, 0) is 71.3 Å². The van der Waals surface area contributed by atoms with Crippen LogP contribution in [0, 0.1) is 47.3 Å². The molecular weight excluding hydrogens is 1700 g/mol. The highest BCUT2D eigenvalue weighted by Crippen LogP contribution is 2.49. The topological polar surface area (TPSA) is 395 Å². The van der Waals surface area contributed by atoms with Crippen molar-refractivity contribution in [3.8, 4) is 0 Å². The van der Waals surface area contributed by atoms with E-state index in [1.807, 2.05) is 47.4 Å². The summed E-state index contributed by atoms with van der Waals surface area (Å²) in [5.41, 5.74) is 4.36. The summed E-state index contributed by atoms with van der Waals surface area (Å²) in [4.78, 5) is 79.3. The van der Waals surface area contributed by atoms with Crippen molar-refractivity contribution >= 4 is 57.8 Å². The summed E-state index contributed by atoms with van der Waals surface area (Å²) in [7, 11) is 4.22. The summed E-state index contributed by atoms with van der Waals surface area (Å²) >= 11 is 2.94. The number of esters is 3. The van der Waals surface area contributed by atoms with E-state index in [1.54, 1.807) is 0 Å². The Labute approximate surface area is 759 Å². The molecule has 4 heterocycles. The van der Waals surface area contributed by atoms with E-state index in [1.165, 1.54) is 34.2 Å². The fourth-order valence-corrected chi connectivity index (χ4v) is 19.0. The van der Waals surface area contributed by atoms with Crippen LogP contribution >= 0.6 is 15.9 Å². The number of aliphatic hydroxyl groups is 5. The lowest BCUT2D eigenvalue weighted by Gasteiger charge is -2.41. The molecule has 0 aromatic carbocycles. The van der Waals surface area contributed by atoms with E-state index in [-0.39, 0.29) is 108 Å². The van der Waals surface area contributed by atoms with Gasteiger partial charge in [-0.25, -0.2) is 14.4 Å². The number of hydrogen-bond acceptors (Lipinski definition) is 24. The van der Waals surface area contributed by atoms with Gasteiger partial charge in [-0.1, -0.05) is 131 Å². The van der Waals surface area contributed by atoms with Crippen molar-refractivity contribution in [1.29, 1.82) is 0 Å². The SMILES string of the molecule is CBr.CCCCCC(=O)CC[C@@H]1[C@@H](C/C=C\CCCC(=O)OC)[C@@H](O)C[C@H]1N.CCCCCC1(CC[C@@H]2[C@@H](C/C=C\CCCC(=O)OC)[C@@H](O)C[C@H]2NC(=O)OC(C)(C)C)OCCO1.CCCCCC1(CC[C@H]2[C@H](NC(=O)OC(C)(C)C)CC3OC(O)C[C@@H]32)OCCO1.CCCCCC1(O)CC[C@@H]2[C@@H](C/C=C\CCCC(=O)OC)[C@@H](O)C[C@H]2N1.O=C(O)C(F)(F)F. The lowest BCUT2D eigenvalue weighted by Crippen LogP contribution is -2.56. The number of fused-ring (bicyclic) bond motifs is 2. The number of rotatable bonds is 45. The van der Waals surface area contributed by atoms with E-state index < -0.39 is 59.1 Å². The molecule has 4 saturated heterocycles. The van der Waals surface area contributed by atoms with E-state index >= 15 is 0 Å². The van der Waals surface area contributed by atoms with Gasteiger partial charge in [0.1, 0.15) is 22.7 Å². The Kier molecular flexibility index (Phi) is 55.8. The second-order valence-electron chi connectivity index (χ2n) is 37.3. The first-order valence-electron chi connectivity index (χ1n) is 47.3. The molecule has 8 aliphatic rings. The molecule has 4 saturated carbocycles. The highest BCUT2D eigenvalue weighted by Gasteiger charge is 2.53. The molecule has 0 aromatic heterocycles. The number of carboxylic acids is 1. The maximum absolute atomic E-state index is 12.6. The molecule has 4 aliphatic heterocycles. The van der Waals surface area contributed by atoms with E-state index in [2.05, 4.69) is 110 Å². The first kappa shape index (κ1) is 115. The minimum atomic E-state index is -5.08. The van der Waals surface area contributed by atoms with Crippen molar-refractivity contribution in [2.45, 2.75) is 422 Å². The molecule has 126 heavy (non-hydrogen) atoms. The molecule has 31 heteroatoms. The third kappa shape index (κ3) is 44.5. The van der Waals surface area contributed by atoms with Gasteiger partial charge >= 0.3 is 42.2 Å². The summed E-state index contributed by atoms with van der Waals surface area (Å²) in [6.45, 7) is 22.3. The number of ether oxygens (including phenoxy) is 10. The van der Waals surface area contributed by atoms with Crippen LogP contribution in [0.15, 0.2) is 36.5 Å². The molecule has 0 radical (unpaired) electrons. The molecule has 732 valence electrons. The number of carboxylic acid groups (broad SMARTS) is 1. The zero-order chi connectivity index (χ0) is 94.1. The quantitative estimate of drug-likeness (QED) is 0.00890. The number of piperidine rings is 1. The van der Waals surface area contributed by atoms with Crippen molar-refractivity contribution in [2.75, 3.05) is 53.6 Å². The van der Waals surface area contributed by atoms with Crippen LogP contribution in [0.1, 0.15) is 332 Å². The van der Waals surface area contributed by atoms with Crippen molar-refractivity contribution < 1.29 is 125 Å². The number of nitrogens with two attached hydrogens (primary N) is 1. The lowest BCUT2D eigenvalue weighted by molar-refractivity contribution is -0.192. The predicted octanol–water partition coefficient (Wildman–Crippen LogP) is 17.5. The standard InChI is InChI=1S/C28H49NO7.C22H39NO6.2C21H37NO4.C2HF3O2.CH3Br/c1-6-7-12-16-28(34-18-19-35-28)17-15-21-22(13-10-8-9-11-14-25(31)33-5)24(30)20-23(21)29-26(32)36-27(2,3)4;1-5-6-7-9-22(26-11-12-27-22)10-8-15-16-13-19(24)28-18(16)14-17(15)23-20(25)29-21(2,3)4;1-3-4-9-13-21(25)14-12-16-17(19(23)15-18(16)22-21)10-7-5-6-8-11-20(24)26-2;1-3-4-7-10-16(23)13-14-17-18(20(24)15-19(17)22)11-8-5-6-9-12-21(25)26-2;3-2(4,5)1(6)7;1-2/h8,10,21-24,30H,6-7,9,11-20H2,1-5H3,(H,29,32);15-19,24H,5-14H2,1-4H3,(H,23,25);5,7,16-19,22-23,25H,3-4,6,8-15H2,1-2H3;5,8,17-20,24H,3-4,6-7,9-15,22H2,1-2H3;(H,6,7);1H3/b10-8-;;7-5-;8-5-;;/t21-,22-,23-,24+;15-,16-,17-,18?,19?;16-,17-,18-,19+,21?;17-,18-,19-,20+;;/m1111../s1. The van der Waals surface area contributed by atoms with Gasteiger partial charge in [0.15, 0.2) is 17.9 Å². The number of ketones is 1. The number of nitrogens with one attached hydrogen (secondary N) is 3. The summed E-state index contributed by atoms with van der Waals surface area (Å²) < 4.78 is 86.6. The molecule has 8 fully saturated rings. The minimum Gasteiger partial charge on any atom is -0.475 e. The highest BCUT2D eigenvalue weighted by molar-refractivity contribution is 9.08. The third-order valence-electron chi connectivity index (χ3n) is 25.4. The zero-order valence-electron chi connectivity index (χ0n) is 78.8. The number of amides is 2. The summed E-state index contributed by atoms with van der Waals surface area (Å²) in [6.07, 6.45) is 39.2. The molecule has 0 spiro atoms. The number of allylic oxidation sites excluding steroid dienone is 6. The minimum absolute atomic E-state index is 0.0101. The number of halogens is 4. The Morgan fingerprint density at radius 1 is 0.484 bits per heavy atom. The van der Waals surface area contributed by atoms with Crippen LogP contribution in [0.4, 0.5) is 22.8 Å². The van der Waals surface area contributed by atoms with E-state index in [9.17, 15) is 67.5 Å². The van der Waals surface area contributed by atoms with Gasteiger partial charge in [0.2, 0.25) is 0 Å². The van der Waals surface area contributed by atoms with E-state index in [0.29, 0.717) is 102 Å². The Morgan fingerprint density at radius 3 is 1.33 bits per heavy atom. The van der Waals surface area contributed by atoms with Gasteiger partial charge in [-0.15, -0.1) is 0 Å². The van der Waals surface area contributed by atoms with Crippen LogP contribution in [0.5, 0.6) is 0 Å². The average Bonchev–Trinajstić information content (AvgIpc) is 1.64. The fraction of sp³-hybridized carbons (Fsp3) is 0.863. The zero-order valence-corrected chi connectivity index (χ0v) is 80.4. The third-order valence-corrected chi connectivity index (χ3v) is 25.4. The molecule has 2 amide bonds. The molecule has 18 atom stereocenters. The molecule has 11 N–H and O–H groups in total. The maximum atomic E-state index is 12.6. The molecular formula is C95H166BrF3N4O23. The Morgan fingerprint density at radius 2 is 0.889 bits per heavy atom. The first-order valence-corrected chi connectivity index (χ1v) is 48.8. The molecule has 4 aliphatic carbocycles. The normalized spacial score (nSPS) is 28.1. The van der Waals surface area contributed by atoms with Crippen LogP contribution in [-0.4, -0.2) is 216 Å². The average molecular weight is 1870 g/mol. The van der Waals surface area contributed by atoms with Gasteiger partial charge in [0, 0.05) is 88.4 Å². The monoisotopic (exact) mass is 1870 g/mol. The molecule has 27 nitrogen and oxygen atoms in total. The fourth-order valence-electron chi connectivity index (χ4n) is 19.0. The van der Waals surface area contributed by atoms with Gasteiger partial charge < -0.3 is 94.4 Å². The summed E-state index contributed by atoms with van der Waals surface area (Å²) in [6, 6.07) is -0.00242. The van der Waals surface area contributed by atoms with Gasteiger partial charge in [0.25, 0.3) is 0 Å². The van der Waals surface area contributed by atoms with Crippen molar-refractivity contribution in [2.24, 2.45) is 53.1 Å². The number of Topliss-reactive ketones (excluding diaryl/α,β-unsaturated/α-hetero) is 1. The number of carbonyl (C=O) groups excluding carboxylic acids is 6. The number of alkyl halides is 4. The molecule has 3 unspecified atom stereocenters. The van der Waals surface area contributed by atoms with Crippen molar-refractivity contribution in [3.05, 3.63) is 36.5 Å². The highest BCUT2D eigenvalue weighted by atomic mass is 79.9. The Bertz CT molecular complexity index is 3150. The summed E-state index contributed by atoms with van der Waals surface area (Å²) in [5.74, 6) is -0.648. The largest absolute Gasteiger partial charge is 0.490 e. The van der Waals surface area contributed by atoms with Gasteiger partial charge in [-0.05, 0) is 242 Å². The first-order chi connectivity index (χ1) is 59.7.